The maximum atomic E-state index is 6.35. The molecular weight excluding hydrogens is 380 g/mol. The number of nitrogens with two attached hydrogens (primary N) is 1. The van der Waals surface area contributed by atoms with Crippen LogP contribution in [0.5, 0.6) is 0 Å². The summed E-state index contributed by atoms with van der Waals surface area (Å²) in [5, 5.41) is 24.1. The van der Waals surface area contributed by atoms with E-state index in [4.69, 9.17) is 5.73 Å². The van der Waals surface area contributed by atoms with Gasteiger partial charge in [-0.05, 0) is 41.0 Å². The number of nitrogens with one attached hydrogen (secondary N) is 2. The zero-order chi connectivity index (χ0) is 19.6. The van der Waals surface area contributed by atoms with Crippen molar-refractivity contribution in [3.05, 3.63) is 72.4 Å². The molecule has 5 aromatic rings. The van der Waals surface area contributed by atoms with Crippen molar-refractivity contribution in [2.24, 2.45) is 5.73 Å². The fraction of sp³-hybridized carbons (Fsp3) is 0.136. The van der Waals surface area contributed by atoms with Crippen molar-refractivity contribution < 1.29 is 0 Å². The molecule has 0 fully saturated rings. The summed E-state index contributed by atoms with van der Waals surface area (Å²) in [4.78, 5) is 0. The number of rotatable bonds is 6. The Labute approximate surface area is 171 Å². The molecule has 29 heavy (non-hydrogen) atoms. The molecule has 2 heterocycles. The maximum absolute atomic E-state index is 6.35. The number of benzene rings is 3. The van der Waals surface area contributed by atoms with Crippen LogP contribution in [0, 0.1) is 0 Å². The molecule has 6 nitrogen and oxygen atoms in total. The number of hydrogen-bond donors (Lipinski definition) is 3. The summed E-state index contributed by atoms with van der Waals surface area (Å²) >= 11 is 1.53. The fourth-order valence-electron chi connectivity index (χ4n) is 3.45. The van der Waals surface area contributed by atoms with Gasteiger partial charge >= 0.3 is 0 Å². The van der Waals surface area contributed by atoms with Crippen LogP contribution in [0.25, 0.3) is 32.2 Å². The van der Waals surface area contributed by atoms with Crippen LogP contribution in [-0.2, 0) is 6.42 Å². The Morgan fingerprint density at radius 1 is 0.966 bits per heavy atom. The molecule has 0 saturated carbocycles. The van der Waals surface area contributed by atoms with Gasteiger partial charge in [-0.1, -0.05) is 53.8 Å². The van der Waals surface area contributed by atoms with Gasteiger partial charge in [0.2, 0.25) is 5.13 Å². The van der Waals surface area contributed by atoms with Gasteiger partial charge < -0.3 is 11.1 Å². The van der Waals surface area contributed by atoms with Gasteiger partial charge in [0.15, 0.2) is 0 Å². The molecular formula is C22H20N6S. The number of fused-ring (bicyclic) bond motifs is 2. The molecule has 144 valence electrons. The molecule has 0 saturated heterocycles. The fourth-order valence-corrected chi connectivity index (χ4v) is 4.19. The number of nitrogens with zero attached hydrogens (tertiary/aromatic N) is 3. The van der Waals surface area contributed by atoms with Gasteiger partial charge in [0.05, 0.1) is 11.7 Å². The van der Waals surface area contributed by atoms with Gasteiger partial charge in [0.1, 0.15) is 5.01 Å². The first-order valence-corrected chi connectivity index (χ1v) is 10.3. The molecule has 0 bridgehead atoms. The van der Waals surface area contributed by atoms with Gasteiger partial charge in [0, 0.05) is 23.5 Å². The van der Waals surface area contributed by atoms with Crippen molar-refractivity contribution in [3.8, 4) is 10.6 Å². The minimum Gasteiger partial charge on any atom is -0.359 e. The smallest absolute Gasteiger partial charge is 0.206 e. The van der Waals surface area contributed by atoms with Gasteiger partial charge in [-0.3, -0.25) is 5.10 Å². The van der Waals surface area contributed by atoms with E-state index in [1.54, 1.807) is 0 Å². The first kappa shape index (κ1) is 17.8. The van der Waals surface area contributed by atoms with E-state index in [1.807, 2.05) is 18.3 Å². The highest BCUT2D eigenvalue weighted by molar-refractivity contribution is 7.18. The molecule has 0 aliphatic heterocycles. The average molecular weight is 401 g/mol. The Morgan fingerprint density at radius 3 is 2.79 bits per heavy atom. The number of aromatic nitrogens is 4. The van der Waals surface area contributed by atoms with E-state index in [-0.39, 0.29) is 6.04 Å². The molecule has 3 aromatic carbocycles. The van der Waals surface area contributed by atoms with E-state index in [0.717, 1.165) is 33.0 Å². The van der Waals surface area contributed by atoms with E-state index in [9.17, 15) is 0 Å². The number of H-pyrrole nitrogens is 1. The summed E-state index contributed by atoms with van der Waals surface area (Å²) in [6.45, 7) is 0.641. The maximum Gasteiger partial charge on any atom is 0.206 e. The van der Waals surface area contributed by atoms with E-state index in [2.05, 4.69) is 74.2 Å². The molecule has 1 atom stereocenters. The highest BCUT2D eigenvalue weighted by atomic mass is 32.1. The van der Waals surface area contributed by atoms with Crippen molar-refractivity contribution in [1.29, 1.82) is 0 Å². The molecule has 0 unspecified atom stereocenters. The second-order valence-electron chi connectivity index (χ2n) is 7.11. The van der Waals surface area contributed by atoms with Crippen LogP contribution in [0.3, 0.4) is 0 Å². The highest BCUT2D eigenvalue weighted by Gasteiger charge is 2.10. The van der Waals surface area contributed by atoms with E-state index in [1.165, 1.54) is 27.7 Å². The molecule has 0 spiro atoms. The second kappa shape index (κ2) is 7.62. The zero-order valence-corrected chi connectivity index (χ0v) is 16.5. The van der Waals surface area contributed by atoms with Crippen molar-refractivity contribution in [1.82, 2.24) is 20.4 Å². The SMILES string of the molecule is N[C@@H](CNc1nnc(-c2ccc3[nH]ncc3c2)s1)Cc1ccc2ccccc2c1. The standard InChI is InChI=1S/C22H20N6S/c23-19(10-14-5-6-15-3-1-2-4-16(15)9-14)13-24-22-28-27-21(29-22)17-7-8-20-18(11-17)12-25-26-20/h1-9,11-12,19H,10,13,23H2,(H,24,28)(H,25,26)/t19-/m1/s1. The Morgan fingerprint density at radius 2 is 1.86 bits per heavy atom. The Kier molecular flexibility index (Phi) is 4.67. The summed E-state index contributed by atoms with van der Waals surface area (Å²) < 4.78 is 0. The zero-order valence-electron chi connectivity index (χ0n) is 15.7. The first-order chi connectivity index (χ1) is 14.2. The lowest BCUT2D eigenvalue weighted by molar-refractivity contribution is 0.699. The lowest BCUT2D eigenvalue weighted by atomic mass is 10.0. The van der Waals surface area contributed by atoms with Crippen LogP contribution >= 0.6 is 11.3 Å². The van der Waals surface area contributed by atoms with Crippen LogP contribution in [0.4, 0.5) is 5.13 Å². The molecule has 0 amide bonds. The third-order valence-corrected chi connectivity index (χ3v) is 5.87. The number of hydrogen-bond acceptors (Lipinski definition) is 6. The van der Waals surface area contributed by atoms with E-state index < -0.39 is 0 Å². The topological polar surface area (TPSA) is 92.5 Å². The minimum absolute atomic E-state index is 0.00853. The highest BCUT2D eigenvalue weighted by Crippen LogP contribution is 2.28. The van der Waals surface area contributed by atoms with Crippen molar-refractivity contribution in [2.45, 2.75) is 12.5 Å². The van der Waals surface area contributed by atoms with Crippen molar-refractivity contribution >= 4 is 38.1 Å². The van der Waals surface area contributed by atoms with Crippen LogP contribution in [-0.4, -0.2) is 33.0 Å². The molecule has 2 aromatic heterocycles. The molecule has 7 heteroatoms. The lowest BCUT2D eigenvalue weighted by Crippen LogP contribution is -2.31. The Bertz CT molecular complexity index is 1270. The van der Waals surface area contributed by atoms with Gasteiger partial charge in [-0.25, -0.2) is 0 Å². The average Bonchev–Trinajstić information content (AvgIpc) is 3.41. The van der Waals surface area contributed by atoms with Crippen LogP contribution in [0.1, 0.15) is 5.56 Å². The van der Waals surface area contributed by atoms with Gasteiger partial charge in [0.25, 0.3) is 0 Å². The van der Waals surface area contributed by atoms with Gasteiger partial charge in [-0.15, -0.1) is 10.2 Å². The predicted octanol–water partition coefficient (Wildman–Crippen LogP) is 4.22. The van der Waals surface area contributed by atoms with E-state index >= 15 is 0 Å². The normalized spacial score (nSPS) is 12.4. The lowest BCUT2D eigenvalue weighted by Gasteiger charge is -2.12. The summed E-state index contributed by atoms with van der Waals surface area (Å²) in [5.41, 5.74) is 9.63. The first-order valence-electron chi connectivity index (χ1n) is 9.49. The molecule has 0 aliphatic rings. The third kappa shape index (κ3) is 3.83. The molecule has 5 rings (SSSR count). The van der Waals surface area contributed by atoms with Crippen LogP contribution < -0.4 is 11.1 Å². The monoisotopic (exact) mass is 400 g/mol. The predicted molar refractivity (Wildman–Crippen MR) is 119 cm³/mol. The quantitative estimate of drug-likeness (QED) is 0.397. The minimum atomic E-state index is -0.00853. The van der Waals surface area contributed by atoms with Crippen LogP contribution in [0.15, 0.2) is 66.9 Å². The van der Waals surface area contributed by atoms with Gasteiger partial charge in [-0.2, -0.15) is 5.10 Å². The Hall–Kier alpha value is -3.29. The molecule has 4 N–H and O–H groups in total. The largest absolute Gasteiger partial charge is 0.359 e. The third-order valence-electron chi connectivity index (χ3n) is 4.94. The number of aromatic amines is 1. The van der Waals surface area contributed by atoms with Crippen molar-refractivity contribution in [3.63, 3.8) is 0 Å². The summed E-state index contributed by atoms with van der Waals surface area (Å²) in [6, 6.07) is 21.0. The van der Waals surface area contributed by atoms with Crippen molar-refractivity contribution in [2.75, 3.05) is 11.9 Å². The Balaban J connectivity index is 1.22. The molecule has 0 radical (unpaired) electrons. The van der Waals surface area contributed by atoms with E-state index in [0.29, 0.717) is 6.54 Å². The molecule has 0 aliphatic carbocycles. The summed E-state index contributed by atoms with van der Waals surface area (Å²) in [6.07, 6.45) is 2.62. The summed E-state index contributed by atoms with van der Waals surface area (Å²) in [5.74, 6) is 0. The second-order valence-corrected chi connectivity index (χ2v) is 8.09. The van der Waals surface area contributed by atoms with Crippen LogP contribution in [0.2, 0.25) is 0 Å². The number of anilines is 1. The summed E-state index contributed by atoms with van der Waals surface area (Å²) in [7, 11) is 0.